The first-order valence-electron chi connectivity index (χ1n) is 11.9. The zero-order valence-corrected chi connectivity index (χ0v) is 20.1. The van der Waals surface area contributed by atoms with Crippen molar-refractivity contribution in [3.05, 3.63) is 51.6 Å². The largest absolute Gasteiger partial charge is 0.507 e. The van der Waals surface area contributed by atoms with Crippen LogP contribution in [-0.4, -0.2) is 76.8 Å². The molecule has 3 aliphatic rings. The SMILES string of the molecule is CNC1CC(OC2CC(O)Cc3c(O)c4c(c(O)c32)C(=O)c2c(OC)cccc2C4=O)OC(C)C1O. The molecule has 5 rings (SSSR count). The Hall–Kier alpha value is -3.02. The summed E-state index contributed by atoms with van der Waals surface area (Å²) in [5, 5.41) is 46.5. The number of hydrogen-bond acceptors (Lipinski definition) is 10. The number of carbonyl (C=O) groups is 2. The maximum atomic E-state index is 13.6. The number of ether oxygens (including phenoxy) is 3. The molecule has 2 aliphatic carbocycles. The maximum Gasteiger partial charge on any atom is 0.202 e. The number of fused-ring (bicyclic) bond motifs is 3. The highest BCUT2D eigenvalue weighted by atomic mass is 16.7. The van der Waals surface area contributed by atoms with Crippen LogP contribution in [0.25, 0.3) is 0 Å². The minimum absolute atomic E-state index is 0.00995. The number of phenols is 2. The van der Waals surface area contributed by atoms with Crippen molar-refractivity contribution < 1.29 is 44.2 Å². The zero-order valence-electron chi connectivity index (χ0n) is 20.1. The second kappa shape index (κ2) is 9.13. The fraction of sp³-hybridized carbons (Fsp3) is 0.462. The summed E-state index contributed by atoms with van der Waals surface area (Å²) < 4.78 is 17.3. The molecule has 1 heterocycles. The van der Waals surface area contributed by atoms with E-state index in [2.05, 4.69) is 5.32 Å². The number of hydrogen-bond donors (Lipinski definition) is 5. The summed E-state index contributed by atoms with van der Waals surface area (Å²) in [6.07, 6.45) is -3.62. The van der Waals surface area contributed by atoms with E-state index in [9.17, 15) is 30.0 Å². The molecule has 0 saturated carbocycles. The van der Waals surface area contributed by atoms with E-state index in [0.29, 0.717) is 6.42 Å². The van der Waals surface area contributed by atoms with Gasteiger partial charge in [-0.2, -0.15) is 0 Å². The van der Waals surface area contributed by atoms with Crippen molar-refractivity contribution in [3.8, 4) is 17.2 Å². The number of methoxy groups -OCH3 is 1. The normalized spacial score (nSPS) is 29.4. The smallest absolute Gasteiger partial charge is 0.202 e. The third-order valence-corrected chi connectivity index (χ3v) is 7.40. The van der Waals surface area contributed by atoms with Crippen molar-refractivity contribution in [1.29, 1.82) is 0 Å². The Kier molecular flexibility index (Phi) is 6.26. The van der Waals surface area contributed by atoms with Gasteiger partial charge in [0, 0.05) is 42.0 Å². The average Bonchev–Trinajstić information content (AvgIpc) is 2.85. The molecule has 5 N–H and O–H groups in total. The molecule has 0 bridgehead atoms. The highest BCUT2D eigenvalue weighted by molar-refractivity contribution is 6.31. The monoisotopic (exact) mass is 499 g/mol. The topological polar surface area (TPSA) is 155 Å². The Bertz CT molecular complexity index is 1240. The van der Waals surface area contributed by atoms with Crippen LogP contribution < -0.4 is 10.1 Å². The molecule has 0 radical (unpaired) electrons. The Morgan fingerprint density at radius 2 is 1.75 bits per heavy atom. The lowest BCUT2D eigenvalue weighted by Gasteiger charge is -2.40. The number of aliphatic hydroxyl groups is 2. The summed E-state index contributed by atoms with van der Waals surface area (Å²) in [7, 11) is 3.09. The van der Waals surface area contributed by atoms with Crippen molar-refractivity contribution in [1.82, 2.24) is 5.32 Å². The van der Waals surface area contributed by atoms with Gasteiger partial charge in [0.15, 0.2) is 12.1 Å². The summed E-state index contributed by atoms with van der Waals surface area (Å²) in [6, 6.07) is 4.27. The van der Waals surface area contributed by atoms with Gasteiger partial charge in [0.2, 0.25) is 5.78 Å². The van der Waals surface area contributed by atoms with Crippen molar-refractivity contribution in [2.45, 2.75) is 62.9 Å². The molecule has 1 saturated heterocycles. The summed E-state index contributed by atoms with van der Waals surface area (Å²) in [6.45, 7) is 1.71. The summed E-state index contributed by atoms with van der Waals surface area (Å²) in [5.74, 6) is -2.03. The summed E-state index contributed by atoms with van der Waals surface area (Å²) in [5.41, 5.74) is -0.260. The molecule has 10 nitrogen and oxygen atoms in total. The molecule has 1 aliphatic heterocycles. The molecule has 0 spiro atoms. The molecule has 1 fully saturated rings. The number of aromatic hydroxyl groups is 2. The number of aliphatic hydroxyl groups excluding tert-OH is 2. The Labute approximate surface area is 207 Å². The van der Waals surface area contributed by atoms with Crippen LogP contribution in [0, 0.1) is 0 Å². The molecular weight excluding hydrogens is 470 g/mol. The van der Waals surface area contributed by atoms with Crippen LogP contribution in [-0.2, 0) is 15.9 Å². The maximum absolute atomic E-state index is 13.6. The Balaban J connectivity index is 1.61. The second-order valence-electron chi connectivity index (χ2n) is 9.49. The first-order valence-corrected chi connectivity index (χ1v) is 11.9. The molecule has 0 amide bonds. The van der Waals surface area contributed by atoms with Crippen LogP contribution in [0.5, 0.6) is 17.2 Å². The quantitative estimate of drug-likeness (QED) is 0.332. The number of nitrogens with one attached hydrogen (secondary N) is 1. The van der Waals surface area contributed by atoms with Gasteiger partial charge in [-0.05, 0) is 20.0 Å². The predicted octanol–water partition coefficient (Wildman–Crippen LogP) is 1.33. The van der Waals surface area contributed by atoms with E-state index in [4.69, 9.17) is 14.2 Å². The summed E-state index contributed by atoms with van der Waals surface area (Å²) in [4.78, 5) is 26.9. The Morgan fingerprint density at radius 1 is 1.03 bits per heavy atom. The summed E-state index contributed by atoms with van der Waals surface area (Å²) >= 11 is 0. The van der Waals surface area contributed by atoms with Gasteiger partial charge in [0.05, 0.1) is 48.2 Å². The molecule has 6 atom stereocenters. The minimum Gasteiger partial charge on any atom is -0.507 e. The van der Waals surface area contributed by atoms with E-state index in [1.54, 1.807) is 26.1 Å². The molecule has 2 aromatic carbocycles. The average molecular weight is 500 g/mol. The molecule has 192 valence electrons. The number of phenolic OH excluding ortho intramolecular Hbond substituents is 2. The van der Waals surface area contributed by atoms with Gasteiger partial charge < -0.3 is 40.0 Å². The number of ketones is 2. The van der Waals surface area contributed by atoms with Crippen LogP contribution >= 0.6 is 0 Å². The van der Waals surface area contributed by atoms with Crippen molar-refractivity contribution >= 4 is 11.6 Å². The van der Waals surface area contributed by atoms with E-state index in [0.717, 1.165) is 0 Å². The van der Waals surface area contributed by atoms with Crippen LogP contribution in [0.4, 0.5) is 0 Å². The standard InChI is InChI=1S/C26H29NO9/c1-10-22(29)14(27-2)9-17(35-10)36-16-8-11(28)7-13-19(16)26(33)21-20(24(13)31)23(30)12-5-4-6-15(34-3)18(12)25(21)32/h4-6,10-11,14,16-17,22,27-29,31,33H,7-9H2,1-3H3. The van der Waals surface area contributed by atoms with Gasteiger partial charge in [-0.15, -0.1) is 0 Å². The van der Waals surface area contributed by atoms with Gasteiger partial charge in [0.1, 0.15) is 17.2 Å². The van der Waals surface area contributed by atoms with Crippen molar-refractivity contribution in [3.63, 3.8) is 0 Å². The van der Waals surface area contributed by atoms with Gasteiger partial charge in [-0.25, -0.2) is 0 Å². The lowest BCUT2D eigenvalue weighted by Crippen LogP contribution is -2.53. The number of carbonyl (C=O) groups excluding carboxylic acids is 2. The molecule has 2 aromatic rings. The highest BCUT2D eigenvalue weighted by Crippen LogP contribution is 2.50. The van der Waals surface area contributed by atoms with E-state index in [1.807, 2.05) is 0 Å². The molecule has 6 unspecified atom stereocenters. The first kappa shape index (κ1) is 24.7. The number of benzene rings is 2. The number of rotatable bonds is 4. The van der Waals surface area contributed by atoms with Gasteiger partial charge in [0.25, 0.3) is 0 Å². The number of likely N-dealkylation sites (N-methyl/N-ethyl adjacent to an activating group) is 1. The molecule has 0 aromatic heterocycles. The third-order valence-electron chi connectivity index (χ3n) is 7.40. The molecule has 36 heavy (non-hydrogen) atoms. The Morgan fingerprint density at radius 3 is 2.44 bits per heavy atom. The van der Waals surface area contributed by atoms with Crippen molar-refractivity contribution in [2.24, 2.45) is 0 Å². The van der Waals surface area contributed by atoms with Crippen LogP contribution in [0.1, 0.15) is 68.8 Å². The van der Waals surface area contributed by atoms with E-state index in [-0.39, 0.29) is 58.0 Å². The lowest BCUT2D eigenvalue weighted by molar-refractivity contribution is -0.246. The van der Waals surface area contributed by atoms with E-state index >= 15 is 0 Å². The predicted molar refractivity (Wildman–Crippen MR) is 126 cm³/mol. The van der Waals surface area contributed by atoms with Gasteiger partial charge in [-0.1, -0.05) is 12.1 Å². The molecular formula is C26H29NO9. The van der Waals surface area contributed by atoms with Crippen LogP contribution in [0.3, 0.4) is 0 Å². The van der Waals surface area contributed by atoms with Gasteiger partial charge >= 0.3 is 0 Å². The first-order chi connectivity index (χ1) is 17.2. The second-order valence-corrected chi connectivity index (χ2v) is 9.49. The molecule has 10 heteroatoms. The van der Waals surface area contributed by atoms with E-state index in [1.165, 1.54) is 13.2 Å². The lowest BCUT2D eigenvalue weighted by atomic mass is 9.76. The fourth-order valence-electron chi connectivity index (χ4n) is 5.59. The van der Waals surface area contributed by atoms with Crippen LogP contribution in [0.15, 0.2) is 18.2 Å². The highest BCUT2D eigenvalue weighted by Gasteiger charge is 2.44. The fourth-order valence-corrected chi connectivity index (χ4v) is 5.59. The zero-order chi connectivity index (χ0) is 25.9. The van der Waals surface area contributed by atoms with Crippen molar-refractivity contribution in [2.75, 3.05) is 14.2 Å². The van der Waals surface area contributed by atoms with Gasteiger partial charge in [-0.3, -0.25) is 9.59 Å². The minimum atomic E-state index is -0.938. The van der Waals surface area contributed by atoms with Crippen LogP contribution in [0.2, 0.25) is 0 Å². The van der Waals surface area contributed by atoms with E-state index < -0.39 is 53.8 Å². The third kappa shape index (κ3) is 3.68.